The number of rotatable bonds is 9. The van der Waals surface area contributed by atoms with E-state index in [4.69, 9.17) is 15.2 Å². The van der Waals surface area contributed by atoms with Gasteiger partial charge in [0.05, 0.1) is 43.0 Å². The monoisotopic (exact) mass is 458 g/mol. The zero-order valence-corrected chi connectivity index (χ0v) is 19.4. The second-order valence-corrected chi connectivity index (χ2v) is 9.19. The number of aryl methyl sites for hydroxylation is 1. The molecule has 0 spiro atoms. The Morgan fingerprint density at radius 2 is 2.03 bits per heavy atom. The predicted molar refractivity (Wildman–Crippen MR) is 122 cm³/mol. The van der Waals surface area contributed by atoms with Gasteiger partial charge in [0.15, 0.2) is 5.82 Å². The molecule has 2 saturated carbocycles. The number of hydrogen-bond acceptors (Lipinski definition) is 8. The fourth-order valence-electron chi connectivity index (χ4n) is 4.83. The van der Waals surface area contributed by atoms with Gasteiger partial charge in [-0.2, -0.15) is 5.10 Å². The molecule has 2 atom stereocenters. The Kier molecular flexibility index (Phi) is 7.44. The molecule has 4 rings (SSSR count). The number of carboxylic acid groups (broad SMARTS) is 1. The van der Waals surface area contributed by atoms with E-state index in [1.807, 2.05) is 7.05 Å². The van der Waals surface area contributed by atoms with Gasteiger partial charge in [-0.05, 0) is 45.6 Å². The van der Waals surface area contributed by atoms with Crippen molar-refractivity contribution in [1.29, 1.82) is 0 Å². The molecule has 0 aromatic carbocycles. The lowest BCUT2D eigenvalue weighted by atomic mass is 9.87. The van der Waals surface area contributed by atoms with E-state index in [0.29, 0.717) is 37.9 Å². The van der Waals surface area contributed by atoms with E-state index in [1.54, 1.807) is 17.1 Å². The molecule has 0 radical (unpaired) electrons. The SMILES string of the molecule is CN(COCc1c(-c2cnc(O[C@H]3CCC[C@H](C(=O)O)C3)c(N)n2)cnn1C)C1CCCC1. The Balaban J connectivity index is 1.40. The molecule has 2 aliphatic carbocycles. The minimum Gasteiger partial charge on any atom is -0.481 e. The lowest BCUT2D eigenvalue weighted by Crippen LogP contribution is -2.31. The molecule has 2 aromatic heterocycles. The fraction of sp³-hybridized carbons (Fsp3) is 0.652. The second-order valence-electron chi connectivity index (χ2n) is 9.19. The fourth-order valence-corrected chi connectivity index (χ4v) is 4.83. The van der Waals surface area contributed by atoms with Gasteiger partial charge in [0.2, 0.25) is 0 Å². The van der Waals surface area contributed by atoms with E-state index in [2.05, 4.69) is 27.0 Å². The van der Waals surface area contributed by atoms with Gasteiger partial charge in [-0.15, -0.1) is 0 Å². The summed E-state index contributed by atoms with van der Waals surface area (Å²) < 4.78 is 13.7. The van der Waals surface area contributed by atoms with Gasteiger partial charge in [-0.25, -0.2) is 9.97 Å². The van der Waals surface area contributed by atoms with Gasteiger partial charge < -0.3 is 20.3 Å². The molecular weight excluding hydrogens is 424 g/mol. The topological polar surface area (TPSA) is 129 Å². The van der Waals surface area contributed by atoms with Gasteiger partial charge in [0.1, 0.15) is 6.10 Å². The molecule has 33 heavy (non-hydrogen) atoms. The van der Waals surface area contributed by atoms with E-state index < -0.39 is 5.97 Å². The number of ether oxygens (including phenoxy) is 2. The molecule has 2 fully saturated rings. The second kappa shape index (κ2) is 10.5. The number of anilines is 1. The third kappa shape index (κ3) is 5.62. The summed E-state index contributed by atoms with van der Waals surface area (Å²) in [6.45, 7) is 0.968. The summed E-state index contributed by atoms with van der Waals surface area (Å²) >= 11 is 0. The number of carbonyl (C=O) groups is 1. The average molecular weight is 459 g/mol. The molecule has 0 aliphatic heterocycles. The number of carboxylic acids is 1. The van der Waals surface area contributed by atoms with Crippen LogP contribution in [0.1, 0.15) is 57.1 Å². The van der Waals surface area contributed by atoms with Crippen molar-refractivity contribution in [2.75, 3.05) is 19.5 Å². The highest BCUT2D eigenvalue weighted by Crippen LogP contribution is 2.31. The first-order chi connectivity index (χ1) is 15.9. The van der Waals surface area contributed by atoms with E-state index >= 15 is 0 Å². The van der Waals surface area contributed by atoms with Crippen LogP contribution < -0.4 is 10.5 Å². The summed E-state index contributed by atoms with van der Waals surface area (Å²) in [5, 5.41) is 13.7. The lowest BCUT2D eigenvalue weighted by molar-refractivity contribution is -0.143. The smallest absolute Gasteiger partial charge is 0.306 e. The highest BCUT2D eigenvalue weighted by atomic mass is 16.5. The first-order valence-electron chi connectivity index (χ1n) is 11.7. The molecule has 0 bridgehead atoms. The Morgan fingerprint density at radius 3 is 2.76 bits per heavy atom. The van der Waals surface area contributed by atoms with Crippen molar-refractivity contribution >= 4 is 11.8 Å². The van der Waals surface area contributed by atoms with Crippen molar-refractivity contribution in [2.45, 2.75) is 70.1 Å². The van der Waals surface area contributed by atoms with Crippen LogP contribution in [0.3, 0.4) is 0 Å². The highest BCUT2D eigenvalue weighted by molar-refractivity contribution is 5.70. The van der Waals surface area contributed by atoms with Crippen LogP contribution in [0.25, 0.3) is 11.3 Å². The van der Waals surface area contributed by atoms with Crippen molar-refractivity contribution in [3.05, 3.63) is 18.1 Å². The number of nitrogens with zero attached hydrogens (tertiary/aromatic N) is 5. The molecule has 2 aliphatic rings. The van der Waals surface area contributed by atoms with Crippen molar-refractivity contribution in [1.82, 2.24) is 24.6 Å². The molecule has 180 valence electrons. The Morgan fingerprint density at radius 1 is 1.24 bits per heavy atom. The lowest BCUT2D eigenvalue weighted by Gasteiger charge is -2.27. The molecule has 10 heteroatoms. The number of aromatic nitrogens is 4. The number of nitrogen functional groups attached to an aromatic ring is 1. The van der Waals surface area contributed by atoms with Crippen LogP contribution in [-0.4, -0.2) is 61.6 Å². The summed E-state index contributed by atoms with van der Waals surface area (Å²) in [5.74, 6) is -0.738. The zero-order valence-electron chi connectivity index (χ0n) is 19.4. The van der Waals surface area contributed by atoms with Crippen molar-refractivity contribution in [2.24, 2.45) is 13.0 Å². The van der Waals surface area contributed by atoms with Crippen LogP contribution in [0.2, 0.25) is 0 Å². The normalized spacial score (nSPS) is 21.5. The third-order valence-electron chi connectivity index (χ3n) is 6.84. The minimum atomic E-state index is -0.779. The maximum absolute atomic E-state index is 11.3. The summed E-state index contributed by atoms with van der Waals surface area (Å²) in [6, 6.07) is 0.601. The van der Waals surface area contributed by atoms with Crippen LogP contribution in [-0.2, 0) is 23.2 Å². The number of aliphatic carboxylic acids is 1. The molecule has 0 amide bonds. The first-order valence-corrected chi connectivity index (χ1v) is 11.7. The molecule has 2 aromatic rings. The number of nitrogens with two attached hydrogens (primary N) is 1. The minimum absolute atomic E-state index is 0.182. The quantitative estimate of drug-likeness (QED) is 0.545. The summed E-state index contributed by atoms with van der Waals surface area (Å²) in [5.41, 5.74) is 8.47. The van der Waals surface area contributed by atoms with E-state index in [1.165, 1.54) is 25.7 Å². The average Bonchev–Trinajstić information content (AvgIpc) is 3.46. The Bertz CT molecular complexity index is 958. The third-order valence-corrected chi connectivity index (χ3v) is 6.84. The summed E-state index contributed by atoms with van der Waals surface area (Å²) in [4.78, 5) is 22.5. The van der Waals surface area contributed by atoms with Crippen LogP contribution in [0, 0.1) is 5.92 Å². The predicted octanol–water partition coefficient (Wildman–Crippen LogP) is 2.83. The molecule has 2 heterocycles. The maximum Gasteiger partial charge on any atom is 0.306 e. The standard InChI is InChI=1S/C23H34N6O4/c1-28(16-7-3-4-8-16)14-32-13-20-18(11-26-29(20)2)19-12-25-22(21(24)27-19)33-17-9-5-6-15(10-17)23(30)31/h11-12,15-17H,3-10,13-14H2,1-2H3,(H2,24,27)(H,30,31)/t15-,17-/m0/s1. The number of hydrogen-bond donors (Lipinski definition) is 2. The van der Waals surface area contributed by atoms with Gasteiger partial charge in [-0.3, -0.25) is 14.4 Å². The largest absolute Gasteiger partial charge is 0.481 e. The van der Waals surface area contributed by atoms with Crippen LogP contribution in [0.4, 0.5) is 5.82 Å². The van der Waals surface area contributed by atoms with Gasteiger partial charge in [-0.1, -0.05) is 12.8 Å². The van der Waals surface area contributed by atoms with E-state index in [9.17, 15) is 9.90 Å². The molecule has 0 saturated heterocycles. The Hall–Kier alpha value is -2.72. The van der Waals surface area contributed by atoms with E-state index in [-0.39, 0.29) is 23.7 Å². The van der Waals surface area contributed by atoms with Gasteiger partial charge in [0, 0.05) is 18.7 Å². The first kappa shape index (κ1) is 23.4. The molecular formula is C23H34N6O4. The molecule has 10 nitrogen and oxygen atoms in total. The van der Waals surface area contributed by atoms with Gasteiger partial charge >= 0.3 is 5.97 Å². The highest BCUT2D eigenvalue weighted by Gasteiger charge is 2.29. The van der Waals surface area contributed by atoms with E-state index in [0.717, 1.165) is 24.1 Å². The van der Waals surface area contributed by atoms with Crippen molar-refractivity contribution in [3.8, 4) is 17.1 Å². The van der Waals surface area contributed by atoms with Crippen LogP contribution in [0.15, 0.2) is 12.4 Å². The van der Waals surface area contributed by atoms with Crippen molar-refractivity contribution < 1.29 is 19.4 Å². The van der Waals surface area contributed by atoms with Crippen LogP contribution >= 0.6 is 0 Å². The van der Waals surface area contributed by atoms with Crippen molar-refractivity contribution in [3.63, 3.8) is 0 Å². The maximum atomic E-state index is 11.3. The molecule has 0 unspecified atom stereocenters. The van der Waals surface area contributed by atoms with Gasteiger partial charge in [0.25, 0.3) is 5.88 Å². The summed E-state index contributed by atoms with van der Waals surface area (Å²) in [7, 11) is 3.98. The molecule has 3 N–H and O–H groups in total. The Labute approximate surface area is 194 Å². The summed E-state index contributed by atoms with van der Waals surface area (Å²) in [6.07, 6.45) is 10.9. The zero-order chi connectivity index (χ0) is 23.4. The van der Waals surface area contributed by atoms with Crippen LogP contribution in [0.5, 0.6) is 5.88 Å².